The Balaban J connectivity index is 1.63. The van der Waals surface area contributed by atoms with E-state index in [0.29, 0.717) is 17.3 Å². The third kappa shape index (κ3) is 4.69. The van der Waals surface area contributed by atoms with Gasteiger partial charge in [-0.2, -0.15) is 18.2 Å². The Labute approximate surface area is 171 Å². The third-order valence-electron chi connectivity index (χ3n) is 5.17. The molecule has 1 aliphatic carbocycles. The molecule has 0 unspecified atom stereocenters. The topological polar surface area (TPSA) is 49.8 Å². The summed E-state index contributed by atoms with van der Waals surface area (Å²) in [4.78, 5) is 7.80. The van der Waals surface area contributed by atoms with Gasteiger partial charge in [0.25, 0.3) is 0 Å². The van der Waals surface area contributed by atoms with Crippen molar-refractivity contribution in [1.29, 1.82) is 0 Å². The number of alkyl halides is 3. The number of benzene rings is 2. The average molecular weight is 416 g/mol. The minimum atomic E-state index is -4.61. The summed E-state index contributed by atoms with van der Waals surface area (Å²) in [6, 6.07) is 12.8. The van der Waals surface area contributed by atoms with Crippen LogP contribution in [0.4, 0.5) is 40.7 Å². The van der Waals surface area contributed by atoms with Gasteiger partial charge >= 0.3 is 6.18 Å². The molecule has 0 radical (unpaired) electrons. The number of aromatic nitrogens is 2. The number of anilines is 4. The quantitative estimate of drug-likeness (QED) is 0.450. The van der Waals surface area contributed by atoms with E-state index in [4.69, 9.17) is 0 Å². The van der Waals surface area contributed by atoms with E-state index < -0.39 is 17.6 Å². The predicted molar refractivity (Wildman–Crippen MR) is 108 cm³/mol. The summed E-state index contributed by atoms with van der Waals surface area (Å²) >= 11 is 0. The molecule has 0 saturated heterocycles. The molecule has 156 valence electrons. The maximum absolute atomic E-state index is 13.5. The van der Waals surface area contributed by atoms with E-state index in [1.807, 2.05) is 18.2 Å². The van der Waals surface area contributed by atoms with E-state index >= 15 is 0 Å². The minimum Gasteiger partial charge on any atom is -0.340 e. The van der Waals surface area contributed by atoms with Crippen LogP contribution in [-0.2, 0) is 6.18 Å². The molecule has 0 atom stereocenters. The largest absolute Gasteiger partial charge is 0.421 e. The molecule has 1 heterocycles. The lowest BCUT2D eigenvalue weighted by atomic mass is 9.97. The van der Waals surface area contributed by atoms with Crippen molar-refractivity contribution in [2.24, 2.45) is 0 Å². The molecule has 1 saturated carbocycles. The van der Waals surface area contributed by atoms with Crippen molar-refractivity contribution in [2.45, 2.75) is 37.8 Å². The second kappa shape index (κ2) is 8.30. The molecule has 1 aromatic heterocycles. The molecular formula is C22H20F4N4. The lowest BCUT2D eigenvalue weighted by molar-refractivity contribution is -0.137. The zero-order chi connectivity index (χ0) is 21.1. The SMILES string of the molecule is Fc1ccc(Nc2ncc(C(F)(F)F)c(Nc3cccc(C4CCCC4)c3)n2)cc1. The van der Waals surface area contributed by atoms with Gasteiger partial charge in [-0.1, -0.05) is 25.0 Å². The van der Waals surface area contributed by atoms with E-state index in [0.717, 1.165) is 24.6 Å². The zero-order valence-electron chi connectivity index (χ0n) is 16.0. The molecule has 3 aromatic rings. The van der Waals surface area contributed by atoms with Crippen LogP contribution in [0.25, 0.3) is 0 Å². The van der Waals surface area contributed by atoms with Crippen LogP contribution in [0.3, 0.4) is 0 Å². The summed E-state index contributed by atoms with van der Waals surface area (Å²) in [5.74, 6) is -0.344. The Morgan fingerprint density at radius 3 is 2.33 bits per heavy atom. The van der Waals surface area contributed by atoms with Crippen LogP contribution in [0.15, 0.2) is 54.7 Å². The summed E-state index contributed by atoms with van der Waals surface area (Å²) in [6.45, 7) is 0. The van der Waals surface area contributed by atoms with Gasteiger partial charge in [0.2, 0.25) is 5.95 Å². The number of nitrogens with zero attached hydrogens (tertiary/aromatic N) is 2. The first-order valence-electron chi connectivity index (χ1n) is 9.72. The smallest absolute Gasteiger partial charge is 0.340 e. The normalized spacial score (nSPS) is 14.7. The molecule has 0 amide bonds. The molecule has 1 aliphatic rings. The molecule has 2 N–H and O–H groups in total. The number of hydrogen-bond donors (Lipinski definition) is 2. The molecule has 0 spiro atoms. The monoisotopic (exact) mass is 416 g/mol. The summed E-state index contributed by atoms with van der Waals surface area (Å²) in [6.07, 6.45) is 0.657. The Morgan fingerprint density at radius 1 is 0.900 bits per heavy atom. The highest BCUT2D eigenvalue weighted by atomic mass is 19.4. The van der Waals surface area contributed by atoms with Gasteiger partial charge < -0.3 is 10.6 Å². The van der Waals surface area contributed by atoms with Crippen LogP contribution in [0.2, 0.25) is 0 Å². The maximum atomic E-state index is 13.5. The molecule has 4 rings (SSSR count). The number of hydrogen-bond acceptors (Lipinski definition) is 4. The average Bonchev–Trinajstić information content (AvgIpc) is 3.24. The molecule has 4 nitrogen and oxygen atoms in total. The standard InChI is InChI=1S/C22H20F4N4/c23-16-8-10-17(11-9-16)29-21-27-13-19(22(24,25)26)20(30-21)28-18-7-3-6-15(12-18)14-4-1-2-5-14/h3,6-14H,1-2,4-5H2,(H2,27,28,29,30). The van der Waals surface area contributed by atoms with Gasteiger partial charge in [0.1, 0.15) is 17.2 Å². The summed E-state index contributed by atoms with van der Waals surface area (Å²) in [5, 5.41) is 5.60. The predicted octanol–water partition coefficient (Wildman–Crippen LogP) is 6.78. The van der Waals surface area contributed by atoms with Crippen LogP contribution in [0.5, 0.6) is 0 Å². The van der Waals surface area contributed by atoms with Gasteiger partial charge in [0, 0.05) is 17.6 Å². The molecule has 1 fully saturated rings. The van der Waals surface area contributed by atoms with Crippen LogP contribution < -0.4 is 10.6 Å². The van der Waals surface area contributed by atoms with Crippen molar-refractivity contribution in [2.75, 3.05) is 10.6 Å². The number of nitrogens with one attached hydrogen (secondary N) is 2. The Hall–Kier alpha value is -3.16. The molecular weight excluding hydrogens is 396 g/mol. The number of halogens is 4. The maximum Gasteiger partial charge on any atom is 0.421 e. The van der Waals surface area contributed by atoms with Crippen molar-refractivity contribution in [3.8, 4) is 0 Å². The molecule has 0 aliphatic heterocycles. The summed E-state index contributed by atoms with van der Waals surface area (Å²) in [7, 11) is 0. The van der Waals surface area contributed by atoms with E-state index in [-0.39, 0.29) is 11.8 Å². The van der Waals surface area contributed by atoms with E-state index in [2.05, 4.69) is 20.6 Å². The van der Waals surface area contributed by atoms with Crippen LogP contribution in [0, 0.1) is 5.82 Å². The zero-order valence-corrected chi connectivity index (χ0v) is 16.0. The van der Waals surface area contributed by atoms with Gasteiger partial charge in [-0.05, 0) is 60.7 Å². The van der Waals surface area contributed by atoms with E-state index in [1.165, 1.54) is 37.1 Å². The van der Waals surface area contributed by atoms with Gasteiger partial charge in [-0.15, -0.1) is 0 Å². The minimum absolute atomic E-state index is 0.0240. The van der Waals surface area contributed by atoms with E-state index in [9.17, 15) is 17.6 Å². The summed E-state index contributed by atoms with van der Waals surface area (Å²) in [5.41, 5.74) is 1.16. The van der Waals surface area contributed by atoms with Crippen LogP contribution in [0.1, 0.15) is 42.7 Å². The first-order chi connectivity index (χ1) is 14.4. The highest BCUT2D eigenvalue weighted by Crippen LogP contribution is 2.37. The lowest BCUT2D eigenvalue weighted by Gasteiger charge is -2.16. The lowest BCUT2D eigenvalue weighted by Crippen LogP contribution is -2.12. The van der Waals surface area contributed by atoms with Crippen LogP contribution in [-0.4, -0.2) is 9.97 Å². The van der Waals surface area contributed by atoms with Gasteiger partial charge in [-0.3, -0.25) is 0 Å². The van der Waals surface area contributed by atoms with Crippen molar-refractivity contribution in [3.05, 3.63) is 71.7 Å². The Morgan fingerprint density at radius 2 is 1.63 bits per heavy atom. The second-order valence-corrected chi connectivity index (χ2v) is 7.32. The molecule has 0 bridgehead atoms. The second-order valence-electron chi connectivity index (χ2n) is 7.32. The fourth-order valence-electron chi connectivity index (χ4n) is 3.67. The number of rotatable bonds is 5. The first kappa shape index (κ1) is 20.1. The Kier molecular flexibility index (Phi) is 5.57. The highest BCUT2D eigenvalue weighted by Gasteiger charge is 2.35. The molecule has 2 aromatic carbocycles. The van der Waals surface area contributed by atoms with Crippen LogP contribution >= 0.6 is 0 Å². The fourth-order valence-corrected chi connectivity index (χ4v) is 3.67. The first-order valence-corrected chi connectivity index (χ1v) is 9.72. The van der Waals surface area contributed by atoms with Crippen molar-refractivity contribution >= 4 is 23.1 Å². The van der Waals surface area contributed by atoms with Crippen molar-refractivity contribution in [3.63, 3.8) is 0 Å². The van der Waals surface area contributed by atoms with Gasteiger partial charge in [-0.25, -0.2) is 9.37 Å². The Bertz CT molecular complexity index is 1010. The molecule has 8 heteroatoms. The van der Waals surface area contributed by atoms with E-state index in [1.54, 1.807) is 6.07 Å². The third-order valence-corrected chi connectivity index (χ3v) is 5.17. The highest BCUT2D eigenvalue weighted by molar-refractivity contribution is 5.63. The fraction of sp³-hybridized carbons (Fsp3) is 0.273. The summed E-state index contributed by atoms with van der Waals surface area (Å²) < 4.78 is 53.6. The van der Waals surface area contributed by atoms with Crippen molar-refractivity contribution in [1.82, 2.24) is 9.97 Å². The van der Waals surface area contributed by atoms with Gasteiger partial charge in [0.15, 0.2) is 0 Å². The van der Waals surface area contributed by atoms with Crippen molar-refractivity contribution < 1.29 is 17.6 Å². The molecule has 30 heavy (non-hydrogen) atoms. The van der Waals surface area contributed by atoms with Gasteiger partial charge in [0.05, 0.1) is 0 Å².